The van der Waals surface area contributed by atoms with Crippen LogP contribution in [0.4, 0.5) is 10.5 Å². The Bertz CT molecular complexity index is 521. The normalized spacial score (nSPS) is 19.7. The van der Waals surface area contributed by atoms with Crippen LogP contribution in [0.25, 0.3) is 0 Å². The third-order valence-corrected chi connectivity index (χ3v) is 4.83. The van der Waals surface area contributed by atoms with Crippen LogP contribution in [0.5, 0.6) is 0 Å². The zero-order chi connectivity index (χ0) is 17.0. The molecule has 1 fully saturated rings. The number of carbonyl (C=O) groups excluding carboxylic acids is 1. The number of urea groups is 1. The van der Waals surface area contributed by atoms with Gasteiger partial charge in [-0.05, 0) is 64.3 Å². The second-order valence-electron chi connectivity index (χ2n) is 7.19. The number of carbonyl (C=O) groups is 1. The van der Waals surface area contributed by atoms with E-state index in [0.29, 0.717) is 12.0 Å². The van der Waals surface area contributed by atoms with Gasteiger partial charge in [0.15, 0.2) is 0 Å². The summed E-state index contributed by atoms with van der Waals surface area (Å²) in [6, 6.07) is 6.51. The van der Waals surface area contributed by atoms with Gasteiger partial charge in [0.1, 0.15) is 0 Å². The minimum absolute atomic E-state index is 0.0534. The van der Waals surface area contributed by atoms with Crippen molar-refractivity contribution >= 4 is 11.7 Å². The van der Waals surface area contributed by atoms with E-state index in [4.69, 9.17) is 0 Å². The standard InChI is InChI=1S/C19H31N3O/c1-14-9-8-10-15(2)18(14)20-19(23)22-12-7-6-11-17(22)16(3)13-21(4)5/h8-10,16-17H,6-7,11-13H2,1-5H3,(H,20,23)/t16-,17+/m0/s1. The Hall–Kier alpha value is -1.55. The summed E-state index contributed by atoms with van der Waals surface area (Å²) in [5.41, 5.74) is 3.20. The van der Waals surface area contributed by atoms with Crippen LogP contribution in [0.3, 0.4) is 0 Å². The van der Waals surface area contributed by atoms with Gasteiger partial charge in [-0.1, -0.05) is 25.1 Å². The van der Waals surface area contributed by atoms with Gasteiger partial charge in [-0.25, -0.2) is 4.79 Å². The first-order chi connectivity index (χ1) is 10.9. The summed E-state index contributed by atoms with van der Waals surface area (Å²) < 4.78 is 0. The number of nitrogens with zero attached hydrogens (tertiary/aromatic N) is 2. The number of anilines is 1. The molecule has 1 aliphatic rings. The average molecular weight is 317 g/mol. The number of para-hydroxylation sites is 1. The summed E-state index contributed by atoms with van der Waals surface area (Å²) in [5.74, 6) is 0.481. The Morgan fingerprint density at radius 3 is 2.57 bits per heavy atom. The van der Waals surface area contributed by atoms with E-state index in [1.165, 1.54) is 6.42 Å². The van der Waals surface area contributed by atoms with Gasteiger partial charge in [0.25, 0.3) is 0 Å². The Morgan fingerprint density at radius 2 is 1.96 bits per heavy atom. The molecular formula is C19H31N3O. The number of benzene rings is 1. The predicted octanol–water partition coefficient (Wildman–Crippen LogP) is 3.89. The lowest BCUT2D eigenvalue weighted by Crippen LogP contribution is -2.50. The van der Waals surface area contributed by atoms with Crippen LogP contribution in [-0.2, 0) is 0 Å². The van der Waals surface area contributed by atoms with Crippen LogP contribution in [0.2, 0.25) is 0 Å². The van der Waals surface area contributed by atoms with E-state index < -0.39 is 0 Å². The highest BCUT2D eigenvalue weighted by atomic mass is 16.2. The number of nitrogens with one attached hydrogen (secondary N) is 1. The Balaban J connectivity index is 2.12. The van der Waals surface area contributed by atoms with Crippen LogP contribution in [0.15, 0.2) is 18.2 Å². The third-order valence-electron chi connectivity index (χ3n) is 4.83. The summed E-state index contributed by atoms with van der Waals surface area (Å²) in [5, 5.41) is 3.16. The molecule has 2 amide bonds. The van der Waals surface area contributed by atoms with Gasteiger partial charge < -0.3 is 15.1 Å². The first-order valence-electron chi connectivity index (χ1n) is 8.68. The molecule has 2 rings (SSSR count). The second kappa shape index (κ2) is 7.82. The summed E-state index contributed by atoms with van der Waals surface area (Å²) in [6.07, 6.45) is 3.43. The fourth-order valence-electron chi connectivity index (χ4n) is 3.69. The summed E-state index contributed by atoms with van der Waals surface area (Å²) in [7, 11) is 4.20. The number of hydrogen-bond acceptors (Lipinski definition) is 2. The third kappa shape index (κ3) is 4.47. The quantitative estimate of drug-likeness (QED) is 0.914. The molecule has 4 heteroatoms. The Labute approximate surface area is 140 Å². The molecule has 1 aromatic rings. The van der Waals surface area contributed by atoms with Gasteiger partial charge in [0, 0.05) is 24.8 Å². The number of rotatable bonds is 4. The van der Waals surface area contributed by atoms with E-state index in [0.717, 1.165) is 42.7 Å². The molecule has 23 heavy (non-hydrogen) atoms. The molecule has 1 N–H and O–H groups in total. The first-order valence-corrected chi connectivity index (χ1v) is 8.68. The van der Waals surface area contributed by atoms with Crippen LogP contribution in [0.1, 0.15) is 37.3 Å². The average Bonchev–Trinajstić information content (AvgIpc) is 2.50. The van der Waals surface area contributed by atoms with E-state index >= 15 is 0 Å². The van der Waals surface area contributed by atoms with Crippen LogP contribution < -0.4 is 5.32 Å². The summed E-state index contributed by atoms with van der Waals surface area (Å²) in [6.45, 7) is 8.22. The number of hydrogen-bond donors (Lipinski definition) is 1. The molecule has 1 saturated heterocycles. The molecule has 0 aliphatic carbocycles. The van der Waals surface area contributed by atoms with Crippen molar-refractivity contribution in [2.24, 2.45) is 5.92 Å². The van der Waals surface area contributed by atoms with Crippen molar-refractivity contribution in [3.8, 4) is 0 Å². The van der Waals surface area contributed by atoms with Gasteiger partial charge in [-0.3, -0.25) is 0 Å². The fourth-order valence-corrected chi connectivity index (χ4v) is 3.69. The maximum atomic E-state index is 12.9. The SMILES string of the molecule is Cc1cccc(C)c1NC(=O)N1CCCC[C@@H]1[C@@H](C)CN(C)C. The highest BCUT2D eigenvalue weighted by Gasteiger charge is 2.31. The second-order valence-corrected chi connectivity index (χ2v) is 7.19. The van der Waals surface area contributed by atoms with E-state index in [9.17, 15) is 4.79 Å². The maximum Gasteiger partial charge on any atom is 0.322 e. The van der Waals surface area contributed by atoms with Gasteiger partial charge >= 0.3 is 6.03 Å². The molecule has 0 aromatic heterocycles. The van der Waals surface area contributed by atoms with Gasteiger partial charge in [-0.2, -0.15) is 0 Å². The van der Waals surface area contributed by atoms with E-state index in [2.05, 4.69) is 36.1 Å². The lowest BCUT2D eigenvalue weighted by Gasteiger charge is -2.40. The molecule has 1 aliphatic heterocycles. The highest BCUT2D eigenvalue weighted by molar-refractivity contribution is 5.91. The first kappa shape index (κ1) is 17.8. The number of piperidine rings is 1. The Kier molecular flexibility index (Phi) is 6.05. The van der Waals surface area contributed by atoms with Crippen molar-refractivity contribution in [2.45, 2.75) is 46.1 Å². The maximum absolute atomic E-state index is 12.9. The van der Waals surface area contributed by atoms with Gasteiger partial charge in [0.2, 0.25) is 0 Å². The van der Waals surface area contributed by atoms with Crippen LogP contribution in [0, 0.1) is 19.8 Å². The molecule has 1 heterocycles. The minimum Gasteiger partial charge on any atom is -0.321 e. The molecule has 0 radical (unpaired) electrons. The lowest BCUT2D eigenvalue weighted by atomic mass is 9.91. The van der Waals surface area contributed by atoms with E-state index in [-0.39, 0.29) is 6.03 Å². The van der Waals surface area contributed by atoms with Gasteiger partial charge in [-0.15, -0.1) is 0 Å². The Morgan fingerprint density at radius 1 is 1.30 bits per heavy atom. The van der Waals surface area contributed by atoms with E-state index in [1.807, 2.05) is 32.0 Å². The zero-order valence-corrected chi connectivity index (χ0v) is 15.2. The van der Waals surface area contributed by atoms with Crippen LogP contribution >= 0.6 is 0 Å². The van der Waals surface area contributed by atoms with Crippen molar-refractivity contribution in [1.82, 2.24) is 9.80 Å². The number of likely N-dealkylation sites (tertiary alicyclic amines) is 1. The van der Waals surface area contributed by atoms with E-state index in [1.54, 1.807) is 0 Å². The minimum atomic E-state index is 0.0534. The smallest absolute Gasteiger partial charge is 0.321 e. The van der Waals surface area contributed by atoms with Crippen molar-refractivity contribution in [3.63, 3.8) is 0 Å². The number of amides is 2. The summed E-state index contributed by atoms with van der Waals surface area (Å²) >= 11 is 0. The lowest BCUT2D eigenvalue weighted by molar-refractivity contribution is 0.120. The van der Waals surface area contributed by atoms with Crippen molar-refractivity contribution < 1.29 is 4.79 Å². The topological polar surface area (TPSA) is 35.6 Å². The van der Waals surface area contributed by atoms with Crippen molar-refractivity contribution in [1.29, 1.82) is 0 Å². The molecule has 1 aromatic carbocycles. The zero-order valence-electron chi connectivity index (χ0n) is 15.2. The monoisotopic (exact) mass is 317 g/mol. The molecular weight excluding hydrogens is 286 g/mol. The fraction of sp³-hybridized carbons (Fsp3) is 0.632. The molecule has 2 atom stereocenters. The number of aryl methyl sites for hydroxylation is 2. The highest BCUT2D eigenvalue weighted by Crippen LogP contribution is 2.26. The van der Waals surface area contributed by atoms with Crippen LogP contribution in [-0.4, -0.2) is 49.1 Å². The summed E-state index contributed by atoms with van der Waals surface area (Å²) in [4.78, 5) is 17.1. The largest absolute Gasteiger partial charge is 0.322 e. The van der Waals surface area contributed by atoms with Crippen molar-refractivity contribution in [2.75, 3.05) is 32.5 Å². The molecule has 128 valence electrons. The molecule has 0 saturated carbocycles. The molecule has 0 unspecified atom stereocenters. The molecule has 0 bridgehead atoms. The molecule has 0 spiro atoms. The molecule has 4 nitrogen and oxygen atoms in total. The predicted molar refractivity (Wildman–Crippen MR) is 97.0 cm³/mol. The van der Waals surface area contributed by atoms with Gasteiger partial charge in [0.05, 0.1) is 0 Å². The van der Waals surface area contributed by atoms with Crippen molar-refractivity contribution in [3.05, 3.63) is 29.3 Å².